The lowest BCUT2D eigenvalue weighted by Crippen LogP contribution is -2.12. The highest BCUT2D eigenvalue weighted by atomic mass is 79.9. The predicted octanol–water partition coefficient (Wildman–Crippen LogP) is 3.41. The Morgan fingerprint density at radius 1 is 1.17 bits per heavy atom. The molecular weight excluding hydrogens is 382 g/mol. The third-order valence-electron chi connectivity index (χ3n) is 3.08. The number of carbonyl (C=O) groups is 2. The number of nitrogens with zero attached hydrogens (tertiary/aromatic N) is 1. The second kappa shape index (κ2) is 7.69. The average Bonchev–Trinajstić information content (AvgIpc) is 2.58. The predicted molar refractivity (Wildman–Crippen MR) is 88.4 cm³/mol. The number of benzene rings is 2. The largest absolute Gasteiger partial charge is 0.478 e. The maximum absolute atomic E-state index is 12.1. The molecule has 7 nitrogen and oxygen atoms in total. The third-order valence-corrected chi connectivity index (χ3v) is 3.58. The van der Waals surface area contributed by atoms with Gasteiger partial charge in [-0.15, -0.1) is 0 Å². The topological polar surface area (TPSA) is 95.7 Å². The molecule has 0 aliphatic carbocycles. The molecule has 0 aliphatic rings. The maximum Gasteiger partial charge on any atom is 0.338 e. The molecule has 0 amide bonds. The molecule has 124 valence electrons. The quantitative estimate of drug-likeness (QED) is 0.323. The van der Waals surface area contributed by atoms with Crippen molar-refractivity contribution in [3.63, 3.8) is 0 Å². The van der Waals surface area contributed by atoms with Gasteiger partial charge in [0.05, 0.1) is 17.6 Å². The zero-order chi connectivity index (χ0) is 17.7. The van der Waals surface area contributed by atoms with Crippen LogP contribution >= 0.6 is 15.9 Å². The number of rotatable bonds is 6. The van der Waals surface area contributed by atoms with E-state index in [1.165, 1.54) is 19.2 Å². The summed E-state index contributed by atoms with van der Waals surface area (Å²) in [6.45, 7) is -0.366. The molecule has 0 bridgehead atoms. The number of esters is 1. The van der Waals surface area contributed by atoms with Crippen molar-refractivity contribution in [3.05, 3.63) is 68.2 Å². The number of Topliss-reactive ketones (excluding diaryl/α,β-unsaturated/α-hetero) is 1. The number of halogens is 1. The summed E-state index contributed by atoms with van der Waals surface area (Å²) < 4.78 is 10.5. The number of hydrogen-bond acceptors (Lipinski definition) is 6. The Labute approximate surface area is 145 Å². The summed E-state index contributed by atoms with van der Waals surface area (Å²) in [5, 5.41) is 11.1. The van der Waals surface area contributed by atoms with E-state index in [-0.39, 0.29) is 23.7 Å². The first-order valence-electron chi connectivity index (χ1n) is 6.70. The van der Waals surface area contributed by atoms with Gasteiger partial charge in [-0.25, -0.2) is 4.79 Å². The Kier molecular flexibility index (Phi) is 5.64. The molecule has 0 spiro atoms. The summed E-state index contributed by atoms with van der Waals surface area (Å²) in [6, 6.07) is 10.4. The molecule has 2 aromatic rings. The molecule has 0 atom stereocenters. The number of methoxy groups -OCH3 is 1. The second-order valence-corrected chi connectivity index (χ2v) is 5.57. The molecule has 2 rings (SSSR count). The maximum atomic E-state index is 12.1. The molecule has 0 N–H and O–H groups in total. The van der Waals surface area contributed by atoms with Gasteiger partial charge in [0.1, 0.15) is 0 Å². The van der Waals surface area contributed by atoms with E-state index in [1.807, 2.05) is 0 Å². The van der Waals surface area contributed by atoms with Crippen LogP contribution in [-0.2, 0) is 4.74 Å². The normalized spacial score (nSPS) is 10.1. The molecule has 0 fully saturated rings. The van der Waals surface area contributed by atoms with Gasteiger partial charge in [0.15, 0.2) is 18.1 Å². The van der Waals surface area contributed by atoms with Crippen molar-refractivity contribution in [2.45, 2.75) is 0 Å². The smallest absolute Gasteiger partial charge is 0.338 e. The Morgan fingerprint density at radius 3 is 2.54 bits per heavy atom. The van der Waals surface area contributed by atoms with Crippen LogP contribution in [0.2, 0.25) is 0 Å². The van der Waals surface area contributed by atoms with Crippen LogP contribution in [0, 0.1) is 10.1 Å². The molecule has 0 saturated heterocycles. The SMILES string of the molecule is COC(=O)c1ccc(OCC(=O)c2cccc(Br)c2)c([N+](=O)[O-])c1. The molecule has 0 unspecified atom stereocenters. The Hall–Kier alpha value is -2.74. The zero-order valence-corrected chi connectivity index (χ0v) is 14.1. The van der Waals surface area contributed by atoms with Gasteiger partial charge in [-0.2, -0.15) is 0 Å². The highest BCUT2D eigenvalue weighted by Crippen LogP contribution is 2.28. The monoisotopic (exact) mass is 393 g/mol. The first kappa shape index (κ1) is 17.6. The minimum absolute atomic E-state index is 0.0230. The van der Waals surface area contributed by atoms with E-state index >= 15 is 0 Å². The van der Waals surface area contributed by atoms with Gasteiger partial charge in [0.2, 0.25) is 0 Å². The summed E-state index contributed by atoms with van der Waals surface area (Å²) in [4.78, 5) is 34.0. The summed E-state index contributed by atoms with van der Waals surface area (Å²) in [6.07, 6.45) is 0. The lowest BCUT2D eigenvalue weighted by Gasteiger charge is -2.07. The van der Waals surface area contributed by atoms with Crippen molar-refractivity contribution in [1.29, 1.82) is 0 Å². The minimum Gasteiger partial charge on any atom is -0.478 e. The first-order valence-corrected chi connectivity index (χ1v) is 7.50. The van der Waals surface area contributed by atoms with Gasteiger partial charge in [0.25, 0.3) is 0 Å². The number of nitro groups is 1. The Balaban J connectivity index is 2.18. The number of nitro benzene ring substituents is 1. The molecule has 8 heteroatoms. The van der Waals surface area contributed by atoms with Crippen molar-refractivity contribution in [2.75, 3.05) is 13.7 Å². The van der Waals surface area contributed by atoms with Gasteiger partial charge in [-0.05, 0) is 24.3 Å². The van der Waals surface area contributed by atoms with Crippen molar-refractivity contribution < 1.29 is 24.0 Å². The molecule has 24 heavy (non-hydrogen) atoms. The van der Waals surface area contributed by atoms with Crippen LogP contribution in [0.25, 0.3) is 0 Å². The molecule has 2 aromatic carbocycles. The van der Waals surface area contributed by atoms with Crippen LogP contribution in [0.5, 0.6) is 5.75 Å². The van der Waals surface area contributed by atoms with Gasteiger partial charge >= 0.3 is 11.7 Å². The second-order valence-electron chi connectivity index (χ2n) is 4.65. The summed E-state index contributed by atoms with van der Waals surface area (Å²) in [7, 11) is 1.18. The zero-order valence-electron chi connectivity index (χ0n) is 12.5. The van der Waals surface area contributed by atoms with Crippen LogP contribution in [0.1, 0.15) is 20.7 Å². The van der Waals surface area contributed by atoms with Crippen LogP contribution in [0.4, 0.5) is 5.69 Å². The molecular formula is C16H12BrNO6. The first-order chi connectivity index (χ1) is 11.4. The molecule has 0 aromatic heterocycles. The van der Waals surface area contributed by atoms with E-state index < -0.39 is 16.6 Å². The minimum atomic E-state index is -0.699. The standard InChI is InChI=1S/C16H12BrNO6/c1-23-16(20)11-5-6-15(13(8-11)18(21)22)24-9-14(19)10-3-2-4-12(17)7-10/h2-8H,9H2,1H3. The van der Waals surface area contributed by atoms with Crippen LogP contribution in [0.15, 0.2) is 46.9 Å². The number of ether oxygens (including phenoxy) is 2. The number of ketones is 1. The van der Waals surface area contributed by atoms with E-state index in [1.54, 1.807) is 24.3 Å². The van der Waals surface area contributed by atoms with Crippen molar-refractivity contribution in [3.8, 4) is 5.75 Å². The van der Waals surface area contributed by atoms with Gasteiger partial charge < -0.3 is 9.47 Å². The van der Waals surface area contributed by atoms with Crippen LogP contribution in [-0.4, -0.2) is 30.4 Å². The van der Waals surface area contributed by atoms with Gasteiger partial charge in [0, 0.05) is 16.1 Å². The molecule has 0 aliphatic heterocycles. The van der Waals surface area contributed by atoms with Gasteiger partial charge in [-0.3, -0.25) is 14.9 Å². The van der Waals surface area contributed by atoms with E-state index in [0.717, 1.165) is 10.5 Å². The Morgan fingerprint density at radius 2 is 1.92 bits per heavy atom. The Bertz CT molecular complexity index is 805. The van der Waals surface area contributed by atoms with E-state index in [0.29, 0.717) is 5.56 Å². The summed E-state index contributed by atoms with van der Waals surface area (Å²) in [5.41, 5.74) is 0.0213. The van der Waals surface area contributed by atoms with Crippen molar-refractivity contribution in [1.82, 2.24) is 0 Å². The molecule has 0 radical (unpaired) electrons. The highest BCUT2D eigenvalue weighted by molar-refractivity contribution is 9.10. The number of hydrogen-bond donors (Lipinski definition) is 0. The third kappa shape index (κ3) is 4.17. The van der Waals surface area contributed by atoms with E-state index in [4.69, 9.17) is 4.74 Å². The number of carbonyl (C=O) groups excluding carboxylic acids is 2. The fourth-order valence-corrected chi connectivity index (χ4v) is 2.31. The van der Waals surface area contributed by atoms with Gasteiger partial charge in [-0.1, -0.05) is 28.1 Å². The van der Waals surface area contributed by atoms with E-state index in [9.17, 15) is 19.7 Å². The molecule has 0 saturated carbocycles. The summed E-state index contributed by atoms with van der Waals surface area (Å²) >= 11 is 3.26. The highest BCUT2D eigenvalue weighted by Gasteiger charge is 2.20. The lowest BCUT2D eigenvalue weighted by molar-refractivity contribution is -0.385. The van der Waals surface area contributed by atoms with Crippen molar-refractivity contribution >= 4 is 33.4 Å². The van der Waals surface area contributed by atoms with Crippen LogP contribution in [0.3, 0.4) is 0 Å². The van der Waals surface area contributed by atoms with E-state index in [2.05, 4.69) is 20.7 Å². The lowest BCUT2D eigenvalue weighted by atomic mass is 10.1. The fourth-order valence-electron chi connectivity index (χ4n) is 1.92. The molecule has 0 heterocycles. The van der Waals surface area contributed by atoms with Crippen molar-refractivity contribution in [2.24, 2.45) is 0 Å². The summed E-state index contributed by atoms with van der Waals surface area (Å²) in [5.74, 6) is -1.13. The fraction of sp³-hybridized carbons (Fsp3) is 0.125. The average molecular weight is 394 g/mol. The van der Waals surface area contributed by atoms with Crippen LogP contribution < -0.4 is 4.74 Å².